The summed E-state index contributed by atoms with van der Waals surface area (Å²) >= 11 is 0. The smallest absolute Gasteiger partial charge is 0.475 e. The molecular formula is C18H17F8NO9S. The quantitative estimate of drug-likeness (QED) is 0.113. The standard InChI is InChI=1S/C18H17F8NO9S/c1-9(5-6-32-27(30)31)33-17(29)35-10(2)34-16(28)13-8-11-7-12(37(22,23,24,25)26)3-4-14(11)36-15(13)18(19,20)21/h3-4,7-10,15H,5-6H2,1-2H3/t9?,10?,15-/m0/s1. The molecule has 3 atom stereocenters. The van der Waals surface area contributed by atoms with Gasteiger partial charge in [-0.1, -0.05) is 19.4 Å². The minimum atomic E-state index is -10.2. The summed E-state index contributed by atoms with van der Waals surface area (Å²) in [6.45, 7) is 1.69. The molecule has 0 radical (unpaired) electrons. The largest absolute Gasteiger partial charge is 0.511 e. The van der Waals surface area contributed by atoms with Crippen molar-refractivity contribution in [2.45, 2.75) is 49.8 Å². The van der Waals surface area contributed by atoms with Crippen molar-refractivity contribution in [2.24, 2.45) is 0 Å². The van der Waals surface area contributed by atoms with Crippen LogP contribution >= 0.6 is 10.2 Å². The fraction of sp³-hybridized carbons (Fsp3) is 0.444. The molecule has 0 saturated heterocycles. The van der Waals surface area contributed by atoms with Gasteiger partial charge in [0.2, 0.25) is 12.4 Å². The van der Waals surface area contributed by atoms with Crippen molar-refractivity contribution in [3.05, 3.63) is 39.4 Å². The van der Waals surface area contributed by atoms with Gasteiger partial charge < -0.3 is 23.8 Å². The molecule has 2 unspecified atom stereocenters. The van der Waals surface area contributed by atoms with Crippen molar-refractivity contribution >= 4 is 28.4 Å². The zero-order chi connectivity index (χ0) is 28.5. The third-order valence-electron chi connectivity index (χ3n) is 4.35. The zero-order valence-electron chi connectivity index (χ0n) is 18.5. The average Bonchev–Trinajstić information content (AvgIpc) is 2.69. The molecule has 210 valence electrons. The number of esters is 1. The molecule has 0 aromatic heterocycles. The molecule has 37 heavy (non-hydrogen) atoms. The molecule has 0 aliphatic carbocycles. The zero-order valence-corrected chi connectivity index (χ0v) is 19.3. The number of carbonyl (C=O) groups excluding carboxylic acids is 2. The number of rotatable bonds is 9. The van der Waals surface area contributed by atoms with Crippen LogP contribution in [0.5, 0.6) is 5.75 Å². The maximum Gasteiger partial charge on any atom is 0.511 e. The Balaban J connectivity index is 2.19. The Labute approximate surface area is 201 Å². The van der Waals surface area contributed by atoms with E-state index < -0.39 is 80.5 Å². The van der Waals surface area contributed by atoms with Crippen LogP contribution in [0.15, 0.2) is 28.7 Å². The lowest BCUT2D eigenvalue weighted by Crippen LogP contribution is -2.41. The van der Waals surface area contributed by atoms with Crippen LogP contribution in [0.3, 0.4) is 0 Å². The summed E-state index contributed by atoms with van der Waals surface area (Å²) in [5.74, 6) is -2.73. The van der Waals surface area contributed by atoms with E-state index in [4.69, 9.17) is 0 Å². The van der Waals surface area contributed by atoms with Crippen molar-refractivity contribution in [1.82, 2.24) is 0 Å². The summed E-state index contributed by atoms with van der Waals surface area (Å²) in [5, 5.41) is 8.96. The highest BCUT2D eigenvalue weighted by Crippen LogP contribution is 3.02. The van der Waals surface area contributed by atoms with Gasteiger partial charge in [0.15, 0.2) is 0 Å². The molecule has 1 aliphatic heterocycles. The predicted molar refractivity (Wildman–Crippen MR) is 106 cm³/mol. The number of fused-ring (bicyclic) bond motifs is 1. The third-order valence-corrected chi connectivity index (χ3v) is 5.50. The van der Waals surface area contributed by atoms with Gasteiger partial charge >= 0.3 is 28.5 Å². The van der Waals surface area contributed by atoms with Crippen molar-refractivity contribution in [1.29, 1.82) is 0 Å². The lowest BCUT2D eigenvalue weighted by atomic mass is 10.0. The molecule has 0 bridgehead atoms. The Morgan fingerprint density at radius 3 is 2.27 bits per heavy atom. The fourth-order valence-corrected chi connectivity index (χ4v) is 3.43. The number of carbonyl (C=O) groups is 2. The third kappa shape index (κ3) is 8.53. The molecule has 0 spiro atoms. The first-order chi connectivity index (χ1) is 16.6. The topological polar surface area (TPSA) is 123 Å². The van der Waals surface area contributed by atoms with E-state index in [2.05, 4.69) is 23.8 Å². The van der Waals surface area contributed by atoms with Crippen LogP contribution < -0.4 is 4.74 Å². The Morgan fingerprint density at radius 2 is 1.73 bits per heavy atom. The monoisotopic (exact) mass is 575 g/mol. The summed E-state index contributed by atoms with van der Waals surface area (Å²) in [4.78, 5) is 35.7. The second-order valence-electron chi connectivity index (χ2n) is 7.42. The van der Waals surface area contributed by atoms with Gasteiger partial charge in [0.25, 0.3) is 5.09 Å². The molecule has 0 fully saturated rings. The Morgan fingerprint density at radius 1 is 1.11 bits per heavy atom. The maximum absolute atomic E-state index is 13.5. The number of benzene rings is 1. The number of alkyl halides is 3. The number of halogens is 8. The lowest BCUT2D eigenvalue weighted by Gasteiger charge is -2.41. The van der Waals surface area contributed by atoms with E-state index in [9.17, 15) is 52.3 Å². The van der Waals surface area contributed by atoms with Crippen LogP contribution in [0, 0.1) is 10.1 Å². The Hall–Kier alpha value is -3.51. The minimum absolute atomic E-state index is 0.156. The van der Waals surface area contributed by atoms with E-state index in [1.807, 2.05) is 0 Å². The number of hydrogen-bond acceptors (Lipinski definition) is 9. The van der Waals surface area contributed by atoms with Crippen molar-refractivity contribution < 1.29 is 71.1 Å². The van der Waals surface area contributed by atoms with Gasteiger partial charge in [-0.2, -0.15) is 13.2 Å². The van der Waals surface area contributed by atoms with Gasteiger partial charge in [0.1, 0.15) is 16.7 Å². The summed E-state index contributed by atoms with van der Waals surface area (Å²) in [7, 11) is -10.2. The fourth-order valence-electron chi connectivity index (χ4n) is 2.75. The second-order valence-corrected chi connectivity index (χ2v) is 9.83. The van der Waals surface area contributed by atoms with E-state index in [0.717, 1.165) is 6.92 Å². The van der Waals surface area contributed by atoms with E-state index >= 15 is 0 Å². The van der Waals surface area contributed by atoms with Crippen LogP contribution in [0.2, 0.25) is 0 Å². The second kappa shape index (κ2) is 9.42. The molecule has 1 aromatic rings. The van der Waals surface area contributed by atoms with Crippen LogP contribution in [-0.4, -0.2) is 48.5 Å². The highest BCUT2D eigenvalue weighted by Gasteiger charge is 2.65. The number of ether oxygens (including phenoxy) is 4. The normalized spacial score (nSPS) is 19.0. The minimum Gasteiger partial charge on any atom is -0.475 e. The van der Waals surface area contributed by atoms with E-state index in [1.54, 1.807) is 0 Å². The number of hydrogen-bond donors (Lipinski definition) is 0. The molecule has 0 saturated carbocycles. The molecule has 19 heteroatoms. The summed E-state index contributed by atoms with van der Waals surface area (Å²) < 4.78 is 124. The first kappa shape index (κ1) is 29.7. The Kier molecular flexibility index (Phi) is 7.56. The van der Waals surface area contributed by atoms with Crippen molar-refractivity contribution in [2.75, 3.05) is 6.61 Å². The van der Waals surface area contributed by atoms with Gasteiger partial charge in [-0.25, -0.2) is 9.59 Å². The van der Waals surface area contributed by atoms with Gasteiger partial charge in [-0.15, -0.1) is 10.1 Å². The molecule has 2 rings (SSSR count). The molecule has 1 aromatic carbocycles. The van der Waals surface area contributed by atoms with Crippen molar-refractivity contribution in [3.63, 3.8) is 0 Å². The highest BCUT2D eigenvalue weighted by atomic mass is 32.5. The predicted octanol–water partition coefficient (Wildman–Crippen LogP) is 6.08. The molecule has 1 aliphatic rings. The van der Waals surface area contributed by atoms with Gasteiger partial charge in [-0.3, -0.25) is 0 Å². The molecule has 10 nitrogen and oxygen atoms in total. The van der Waals surface area contributed by atoms with Crippen LogP contribution in [0.1, 0.15) is 25.8 Å². The Bertz CT molecular complexity index is 1110. The van der Waals surface area contributed by atoms with Crippen LogP contribution in [-0.2, 0) is 23.8 Å². The van der Waals surface area contributed by atoms with Crippen molar-refractivity contribution in [3.8, 4) is 5.75 Å². The van der Waals surface area contributed by atoms with E-state index in [0.29, 0.717) is 0 Å². The molecule has 0 N–H and O–H groups in total. The average molecular weight is 575 g/mol. The van der Waals surface area contributed by atoms with E-state index in [-0.39, 0.29) is 30.7 Å². The van der Waals surface area contributed by atoms with Crippen LogP contribution in [0.4, 0.5) is 37.4 Å². The summed E-state index contributed by atoms with van der Waals surface area (Å²) in [5.41, 5.74) is -2.34. The maximum atomic E-state index is 13.5. The molecular weight excluding hydrogens is 558 g/mol. The number of nitrogens with zero attached hydrogens (tertiary/aromatic N) is 1. The van der Waals surface area contributed by atoms with E-state index in [1.165, 1.54) is 6.92 Å². The first-order valence-corrected chi connectivity index (χ1v) is 11.7. The highest BCUT2D eigenvalue weighted by molar-refractivity contribution is 8.45. The lowest BCUT2D eigenvalue weighted by molar-refractivity contribution is -0.758. The van der Waals surface area contributed by atoms with Gasteiger partial charge in [0, 0.05) is 18.9 Å². The molecule has 1 heterocycles. The van der Waals surface area contributed by atoms with Gasteiger partial charge in [0.05, 0.1) is 12.2 Å². The summed E-state index contributed by atoms with van der Waals surface area (Å²) in [6.07, 6.45) is -12.7. The summed E-state index contributed by atoms with van der Waals surface area (Å²) in [6, 6.07) is -0.0886. The van der Waals surface area contributed by atoms with Crippen LogP contribution in [0.25, 0.3) is 6.08 Å². The van der Waals surface area contributed by atoms with Gasteiger partial charge in [-0.05, 0) is 31.2 Å². The SMILES string of the molecule is CC(CCO[N+](=O)[O-])OC(=O)OC(C)OC(=O)C1=Cc2cc(S(F)(F)(F)(F)F)ccc2O[C@@H]1C(F)(F)F. The molecule has 0 amide bonds. The first-order valence-electron chi connectivity index (χ1n) is 9.75.